The topological polar surface area (TPSA) is 49.3 Å². The van der Waals surface area contributed by atoms with E-state index in [1.165, 1.54) is 0 Å². The van der Waals surface area contributed by atoms with Crippen LogP contribution in [-0.2, 0) is 0 Å². The van der Waals surface area contributed by atoms with Gasteiger partial charge in [0.1, 0.15) is 0 Å². The number of aliphatic hydroxyl groups is 1. The fraction of sp³-hybridized carbons (Fsp3) is 0.308. The average molecular weight is 217 g/mol. The molecule has 1 amide bonds. The number of carbonyl (C=O) groups is 1. The zero-order valence-corrected chi connectivity index (χ0v) is 9.50. The van der Waals surface area contributed by atoms with Crippen LogP contribution < -0.4 is 5.32 Å². The first-order valence-electron chi connectivity index (χ1n) is 5.11. The molecule has 1 aromatic rings. The lowest BCUT2D eigenvalue weighted by Crippen LogP contribution is -2.19. The summed E-state index contributed by atoms with van der Waals surface area (Å²) in [6.07, 6.45) is 0.418. The van der Waals surface area contributed by atoms with Gasteiger partial charge >= 0.3 is 0 Å². The van der Waals surface area contributed by atoms with E-state index in [9.17, 15) is 4.79 Å². The molecule has 0 saturated carbocycles. The molecular formula is C13H15NO2. The minimum atomic E-state index is -0.145. The van der Waals surface area contributed by atoms with Crippen molar-refractivity contribution in [3.05, 3.63) is 34.9 Å². The van der Waals surface area contributed by atoms with Gasteiger partial charge in [0.25, 0.3) is 5.91 Å². The van der Waals surface area contributed by atoms with Gasteiger partial charge in [-0.1, -0.05) is 17.9 Å². The maximum Gasteiger partial charge on any atom is 0.252 e. The van der Waals surface area contributed by atoms with Crippen LogP contribution in [0.25, 0.3) is 0 Å². The number of benzene rings is 1. The Hall–Kier alpha value is -1.79. The highest BCUT2D eigenvalue weighted by molar-refractivity contribution is 5.96. The van der Waals surface area contributed by atoms with E-state index in [0.29, 0.717) is 17.5 Å². The second-order valence-electron chi connectivity index (χ2n) is 3.40. The van der Waals surface area contributed by atoms with Crippen LogP contribution >= 0.6 is 0 Å². The van der Waals surface area contributed by atoms with Crippen molar-refractivity contribution in [2.45, 2.75) is 13.3 Å². The van der Waals surface area contributed by atoms with Crippen molar-refractivity contribution < 1.29 is 9.90 Å². The second kappa shape index (κ2) is 5.94. The molecule has 0 atom stereocenters. The third kappa shape index (κ3) is 3.11. The maximum atomic E-state index is 11.5. The number of aliphatic hydroxyl groups excluding tert-OH is 1. The Morgan fingerprint density at radius 2 is 2.25 bits per heavy atom. The Labute approximate surface area is 95.5 Å². The molecule has 0 bridgehead atoms. The lowest BCUT2D eigenvalue weighted by molar-refractivity contribution is 0.0963. The minimum absolute atomic E-state index is 0.0358. The van der Waals surface area contributed by atoms with Crippen molar-refractivity contribution in [3.8, 4) is 11.8 Å². The van der Waals surface area contributed by atoms with Gasteiger partial charge in [-0.05, 0) is 24.6 Å². The molecule has 0 unspecified atom stereocenters. The summed E-state index contributed by atoms with van der Waals surface area (Å²) in [7, 11) is 1.59. The molecule has 3 nitrogen and oxygen atoms in total. The van der Waals surface area contributed by atoms with Crippen molar-refractivity contribution in [3.63, 3.8) is 0 Å². The number of hydrogen-bond donors (Lipinski definition) is 2. The number of aryl methyl sites for hydroxylation is 1. The summed E-state index contributed by atoms with van der Waals surface area (Å²) in [4.78, 5) is 11.5. The van der Waals surface area contributed by atoms with E-state index in [2.05, 4.69) is 17.2 Å². The standard InChI is InChI=1S/C13H15NO2/c1-10-6-7-12(13(16)14-2)11(9-10)5-3-4-8-15/h6-7,9,15H,4,8H2,1-2H3,(H,14,16). The number of nitrogens with one attached hydrogen (secondary N) is 1. The van der Waals surface area contributed by atoms with Crippen LogP contribution in [0.5, 0.6) is 0 Å². The average Bonchev–Trinajstić information content (AvgIpc) is 2.29. The molecule has 0 aliphatic heterocycles. The first-order valence-corrected chi connectivity index (χ1v) is 5.11. The van der Waals surface area contributed by atoms with Crippen molar-refractivity contribution in [2.24, 2.45) is 0 Å². The quantitative estimate of drug-likeness (QED) is 0.728. The van der Waals surface area contributed by atoms with Crippen LogP contribution in [0.1, 0.15) is 27.9 Å². The number of amides is 1. The van der Waals surface area contributed by atoms with Crippen LogP contribution in [0, 0.1) is 18.8 Å². The van der Waals surface area contributed by atoms with Gasteiger partial charge in [0.2, 0.25) is 0 Å². The largest absolute Gasteiger partial charge is 0.395 e. The van der Waals surface area contributed by atoms with E-state index in [1.807, 2.05) is 19.1 Å². The molecule has 1 aromatic carbocycles. The number of rotatable bonds is 2. The van der Waals surface area contributed by atoms with E-state index in [-0.39, 0.29) is 12.5 Å². The molecule has 0 saturated heterocycles. The van der Waals surface area contributed by atoms with Gasteiger partial charge in [0.15, 0.2) is 0 Å². The zero-order valence-electron chi connectivity index (χ0n) is 9.50. The van der Waals surface area contributed by atoms with Gasteiger partial charge in [-0.15, -0.1) is 0 Å². The molecule has 2 N–H and O–H groups in total. The predicted octanol–water partition coefficient (Wildman–Crippen LogP) is 1.09. The van der Waals surface area contributed by atoms with E-state index < -0.39 is 0 Å². The molecule has 0 spiro atoms. The highest BCUT2D eigenvalue weighted by Gasteiger charge is 2.07. The monoisotopic (exact) mass is 217 g/mol. The summed E-state index contributed by atoms with van der Waals surface area (Å²) >= 11 is 0. The van der Waals surface area contributed by atoms with E-state index >= 15 is 0 Å². The lowest BCUT2D eigenvalue weighted by Gasteiger charge is -2.04. The summed E-state index contributed by atoms with van der Waals surface area (Å²) in [5.74, 6) is 5.57. The Bertz CT molecular complexity index is 441. The Morgan fingerprint density at radius 3 is 2.88 bits per heavy atom. The van der Waals surface area contributed by atoms with E-state index in [1.54, 1.807) is 13.1 Å². The summed E-state index contributed by atoms with van der Waals surface area (Å²) in [6, 6.07) is 5.51. The third-order valence-electron chi connectivity index (χ3n) is 2.11. The van der Waals surface area contributed by atoms with Crippen LogP contribution in [0.15, 0.2) is 18.2 Å². The Balaban J connectivity index is 3.09. The lowest BCUT2D eigenvalue weighted by atomic mass is 10.0. The van der Waals surface area contributed by atoms with Crippen LogP contribution in [-0.4, -0.2) is 24.7 Å². The van der Waals surface area contributed by atoms with Gasteiger partial charge in [0, 0.05) is 19.0 Å². The highest BCUT2D eigenvalue weighted by atomic mass is 16.2. The van der Waals surface area contributed by atoms with Crippen molar-refractivity contribution >= 4 is 5.91 Å². The fourth-order valence-electron chi connectivity index (χ4n) is 1.31. The molecule has 0 aliphatic carbocycles. The summed E-state index contributed by atoms with van der Waals surface area (Å²) in [5, 5.41) is 11.2. The molecular weight excluding hydrogens is 202 g/mol. The molecule has 0 heterocycles. The third-order valence-corrected chi connectivity index (χ3v) is 2.11. The Kier molecular flexibility index (Phi) is 4.56. The zero-order chi connectivity index (χ0) is 12.0. The number of carbonyl (C=O) groups excluding carboxylic acids is 1. The van der Waals surface area contributed by atoms with E-state index in [0.717, 1.165) is 5.56 Å². The molecule has 0 fully saturated rings. The van der Waals surface area contributed by atoms with Gasteiger partial charge < -0.3 is 10.4 Å². The van der Waals surface area contributed by atoms with Gasteiger partial charge in [-0.2, -0.15) is 0 Å². The van der Waals surface area contributed by atoms with Crippen LogP contribution in [0.3, 0.4) is 0 Å². The molecule has 16 heavy (non-hydrogen) atoms. The van der Waals surface area contributed by atoms with Gasteiger partial charge in [0.05, 0.1) is 12.2 Å². The molecule has 0 radical (unpaired) electrons. The fourth-order valence-corrected chi connectivity index (χ4v) is 1.31. The smallest absolute Gasteiger partial charge is 0.252 e. The summed E-state index contributed by atoms with van der Waals surface area (Å²) < 4.78 is 0. The number of hydrogen-bond acceptors (Lipinski definition) is 2. The first kappa shape index (κ1) is 12.3. The summed E-state index contributed by atoms with van der Waals surface area (Å²) in [5.41, 5.74) is 2.33. The molecule has 0 aromatic heterocycles. The Morgan fingerprint density at radius 1 is 1.50 bits per heavy atom. The normalized spacial score (nSPS) is 9.19. The molecule has 3 heteroatoms. The highest BCUT2D eigenvalue weighted by Crippen LogP contribution is 2.10. The second-order valence-corrected chi connectivity index (χ2v) is 3.40. The molecule has 84 valence electrons. The predicted molar refractivity (Wildman–Crippen MR) is 63.2 cm³/mol. The van der Waals surface area contributed by atoms with Crippen molar-refractivity contribution in [2.75, 3.05) is 13.7 Å². The molecule has 1 rings (SSSR count). The summed E-state index contributed by atoms with van der Waals surface area (Å²) in [6.45, 7) is 1.99. The molecule has 0 aliphatic rings. The van der Waals surface area contributed by atoms with Crippen LogP contribution in [0.4, 0.5) is 0 Å². The van der Waals surface area contributed by atoms with Crippen LogP contribution in [0.2, 0.25) is 0 Å². The first-order chi connectivity index (χ1) is 7.69. The van der Waals surface area contributed by atoms with Gasteiger partial charge in [-0.25, -0.2) is 0 Å². The van der Waals surface area contributed by atoms with Crippen molar-refractivity contribution in [1.82, 2.24) is 5.32 Å². The SMILES string of the molecule is CNC(=O)c1ccc(C)cc1C#CCCO. The van der Waals surface area contributed by atoms with Gasteiger partial charge in [-0.3, -0.25) is 4.79 Å². The minimum Gasteiger partial charge on any atom is -0.395 e. The van der Waals surface area contributed by atoms with Crippen molar-refractivity contribution in [1.29, 1.82) is 0 Å². The maximum absolute atomic E-state index is 11.5. The van der Waals surface area contributed by atoms with E-state index in [4.69, 9.17) is 5.11 Å².